The van der Waals surface area contributed by atoms with Gasteiger partial charge in [0.15, 0.2) is 16.7 Å². The fraction of sp³-hybridized carbons (Fsp3) is 0.158. The minimum absolute atomic E-state index is 0.0122. The second-order valence-electron chi connectivity index (χ2n) is 6.81. The molecule has 0 saturated carbocycles. The number of fused-ring (bicyclic) bond motifs is 2. The van der Waals surface area contributed by atoms with Crippen LogP contribution in [0.4, 0.5) is 8.78 Å². The molecule has 11 heteroatoms. The number of benzene rings is 2. The molecule has 0 fully saturated rings. The Morgan fingerprint density at radius 3 is 2.77 bits per heavy atom. The normalized spacial score (nSPS) is 13.6. The second-order valence-corrected chi connectivity index (χ2v) is 8.25. The summed E-state index contributed by atoms with van der Waals surface area (Å²) in [4.78, 5) is 18.9. The molecular weight excluding hydrogens is 431 g/mol. The summed E-state index contributed by atoms with van der Waals surface area (Å²) < 4.78 is 29.7. The van der Waals surface area contributed by atoms with Crippen LogP contribution in [0.5, 0.6) is 0 Å². The molecule has 1 aliphatic heterocycles. The molecule has 2 aromatic heterocycles. The van der Waals surface area contributed by atoms with Crippen molar-refractivity contribution in [2.24, 2.45) is 0 Å². The number of rotatable bonds is 2. The Labute approximate surface area is 179 Å². The summed E-state index contributed by atoms with van der Waals surface area (Å²) in [6, 6.07) is 6.74. The van der Waals surface area contributed by atoms with Crippen LogP contribution in [0.25, 0.3) is 21.0 Å². The molecule has 1 amide bonds. The minimum Gasteiger partial charge on any atom is -0.329 e. The highest BCUT2D eigenvalue weighted by atomic mass is 35.5. The van der Waals surface area contributed by atoms with Gasteiger partial charge in [0, 0.05) is 18.7 Å². The lowest BCUT2D eigenvalue weighted by Gasteiger charge is -2.27. The molecule has 6 nitrogen and oxygen atoms in total. The van der Waals surface area contributed by atoms with E-state index >= 15 is 0 Å². The molecule has 1 aliphatic rings. The number of carbonyl (C=O) groups excluding carboxylic acids is 1. The third-order valence-electron chi connectivity index (χ3n) is 4.91. The van der Waals surface area contributed by atoms with Crippen molar-refractivity contribution in [3.8, 4) is 10.8 Å². The summed E-state index contributed by atoms with van der Waals surface area (Å²) in [5, 5.41) is 9.03. The van der Waals surface area contributed by atoms with E-state index in [-0.39, 0.29) is 22.9 Å². The average molecular weight is 442 g/mol. The van der Waals surface area contributed by atoms with Gasteiger partial charge < -0.3 is 9.47 Å². The van der Waals surface area contributed by atoms with Gasteiger partial charge in [-0.2, -0.15) is 0 Å². The van der Waals surface area contributed by atoms with E-state index in [0.717, 1.165) is 0 Å². The highest BCUT2D eigenvalue weighted by Crippen LogP contribution is 2.33. The summed E-state index contributed by atoms with van der Waals surface area (Å²) in [6.07, 6.45) is 0. The van der Waals surface area contributed by atoms with E-state index in [2.05, 4.69) is 15.2 Å². The van der Waals surface area contributed by atoms with E-state index < -0.39 is 11.6 Å². The smallest absolute Gasteiger partial charge is 0.254 e. The van der Waals surface area contributed by atoms with Gasteiger partial charge in [0.05, 0.1) is 21.8 Å². The van der Waals surface area contributed by atoms with E-state index in [1.54, 1.807) is 4.90 Å². The first kappa shape index (κ1) is 19.1. The molecule has 4 aromatic rings. The Kier molecular flexibility index (Phi) is 4.55. The third kappa shape index (κ3) is 3.16. The molecule has 148 valence electrons. The number of hydrogen-bond donors (Lipinski definition) is 0. The Bertz CT molecular complexity index is 1280. The molecule has 0 bridgehead atoms. The average Bonchev–Trinajstić information content (AvgIpc) is 3.33. The van der Waals surface area contributed by atoms with Gasteiger partial charge in [-0.1, -0.05) is 23.1 Å². The minimum atomic E-state index is -0.563. The maximum Gasteiger partial charge on any atom is 0.254 e. The van der Waals surface area contributed by atoms with Gasteiger partial charge >= 0.3 is 0 Å². The van der Waals surface area contributed by atoms with E-state index in [4.69, 9.17) is 19.4 Å². The standard InChI is InChI=1S/C19H11BClF2N5OS/c20-10-5-9(1-2-12(10)22)19(29)27-3-4-28-16(8-27)25-26-17(28)18-24-14-6-11(21)13(23)7-15(14)30-18/h1-2,5-7H,3-4,8H2. The van der Waals surface area contributed by atoms with Crippen molar-refractivity contribution in [1.29, 1.82) is 0 Å². The highest BCUT2D eigenvalue weighted by molar-refractivity contribution is 7.21. The maximum absolute atomic E-state index is 13.7. The van der Waals surface area contributed by atoms with Gasteiger partial charge in [0.25, 0.3) is 5.91 Å². The van der Waals surface area contributed by atoms with Crippen LogP contribution in [-0.4, -0.2) is 44.9 Å². The van der Waals surface area contributed by atoms with Crippen molar-refractivity contribution < 1.29 is 13.6 Å². The Balaban J connectivity index is 1.43. The predicted molar refractivity (Wildman–Crippen MR) is 110 cm³/mol. The maximum atomic E-state index is 13.7. The summed E-state index contributed by atoms with van der Waals surface area (Å²) in [5.74, 6) is -0.170. The zero-order chi connectivity index (χ0) is 21.0. The third-order valence-corrected chi connectivity index (χ3v) is 6.21. The zero-order valence-corrected chi connectivity index (χ0v) is 16.8. The molecule has 0 aliphatic carbocycles. The van der Waals surface area contributed by atoms with E-state index in [1.165, 1.54) is 41.7 Å². The van der Waals surface area contributed by atoms with Crippen molar-refractivity contribution in [3.63, 3.8) is 0 Å². The number of amides is 1. The van der Waals surface area contributed by atoms with Gasteiger partial charge in [-0.25, -0.2) is 13.8 Å². The van der Waals surface area contributed by atoms with Gasteiger partial charge in [0.1, 0.15) is 19.5 Å². The number of aromatic nitrogens is 4. The summed E-state index contributed by atoms with van der Waals surface area (Å²) >= 11 is 7.14. The first-order valence-electron chi connectivity index (χ1n) is 8.93. The first-order chi connectivity index (χ1) is 14.4. The molecule has 0 spiro atoms. The van der Waals surface area contributed by atoms with Crippen LogP contribution in [-0.2, 0) is 13.1 Å². The van der Waals surface area contributed by atoms with Gasteiger partial charge in [-0.05, 0) is 24.3 Å². The largest absolute Gasteiger partial charge is 0.329 e. The Hall–Kier alpha value is -2.85. The van der Waals surface area contributed by atoms with Crippen LogP contribution in [0.2, 0.25) is 5.02 Å². The monoisotopic (exact) mass is 441 g/mol. The fourth-order valence-corrected chi connectivity index (χ4v) is 4.49. The summed E-state index contributed by atoms with van der Waals surface area (Å²) in [7, 11) is 5.57. The number of nitrogens with zero attached hydrogens (tertiary/aromatic N) is 5. The molecule has 5 rings (SSSR count). The molecular formula is C19H11BClF2N5OS. The lowest BCUT2D eigenvalue weighted by molar-refractivity contribution is 0.0708. The molecule has 0 unspecified atom stereocenters. The van der Waals surface area contributed by atoms with Crippen LogP contribution >= 0.6 is 22.9 Å². The molecule has 0 N–H and O–H groups in total. The molecule has 0 saturated heterocycles. The highest BCUT2D eigenvalue weighted by Gasteiger charge is 2.27. The van der Waals surface area contributed by atoms with Crippen LogP contribution in [0.1, 0.15) is 16.2 Å². The first-order valence-corrected chi connectivity index (χ1v) is 10.1. The Morgan fingerprint density at radius 1 is 1.13 bits per heavy atom. The van der Waals surface area contributed by atoms with Crippen molar-refractivity contribution in [2.75, 3.05) is 6.54 Å². The van der Waals surface area contributed by atoms with Crippen LogP contribution in [0.15, 0.2) is 30.3 Å². The number of thiazole rings is 1. The Morgan fingerprint density at radius 2 is 1.97 bits per heavy atom. The lowest BCUT2D eigenvalue weighted by Crippen LogP contribution is -2.38. The fourth-order valence-electron chi connectivity index (χ4n) is 3.37. The number of hydrogen-bond acceptors (Lipinski definition) is 5. The molecule has 2 aromatic carbocycles. The van der Waals surface area contributed by atoms with E-state index in [0.29, 0.717) is 45.5 Å². The SMILES string of the molecule is [B]c1cc(C(=O)N2CCn3c(nnc3-c3nc4cc(Cl)c(F)cc4s3)C2)ccc1F. The second kappa shape index (κ2) is 7.14. The van der Waals surface area contributed by atoms with Crippen LogP contribution < -0.4 is 5.46 Å². The topological polar surface area (TPSA) is 63.9 Å². The molecule has 2 radical (unpaired) electrons. The number of carbonyl (C=O) groups is 1. The molecule has 0 atom stereocenters. The summed E-state index contributed by atoms with van der Waals surface area (Å²) in [6.45, 7) is 1.12. The quantitative estimate of drug-likeness (QED) is 0.449. The number of halogens is 3. The summed E-state index contributed by atoms with van der Waals surface area (Å²) in [5.41, 5.74) is 0.822. The molecule has 3 heterocycles. The van der Waals surface area contributed by atoms with Crippen molar-refractivity contribution in [1.82, 2.24) is 24.6 Å². The van der Waals surface area contributed by atoms with E-state index in [9.17, 15) is 13.6 Å². The van der Waals surface area contributed by atoms with Crippen molar-refractivity contribution in [2.45, 2.75) is 13.1 Å². The van der Waals surface area contributed by atoms with Gasteiger partial charge in [-0.3, -0.25) is 4.79 Å². The van der Waals surface area contributed by atoms with Crippen molar-refractivity contribution in [3.05, 3.63) is 58.4 Å². The van der Waals surface area contributed by atoms with Crippen LogP contribution in [0, 0.1) is 11.6 Å². The predicted octanol–water partition coefficient (Wildman–Crippen LogP) is 2.94. The zero-order valence-electron chi connectivity index (χ0n) is 15.3. The molecule has 30 heavy (non-hydrogen) atoms. The van der Waals surface area contributed by atoms with Crippen LogP contribution in [0.3, 0.4) is 0 Å². The lowest BCUT2D eigenvalue weighted by atomic mass is 9.93. The van der Waals surface area contributed by atoms with Crippen molar-refractivity contribution >= 4 is 52.4 Å². The van der Waals surface area contributed by atoms with E-state index in [1.807, 2.05) is 4.57 Å². The van der Waals surface area contributed by atoms with Gasteiger partial charge in [0.2, 0.25) is 0 Å². The van der Waals surface area contributed by atoms with Gasteiger partial charge in [-0.15, -0.1) is 21.5 Å².